The van der Waals surface area contributed by atoms with Gasteiger partial charge in [0.15, 0.2) is 0 Å². The molecule has 0 saturated carbocycles. The molecule has 0 amide bonds. The second kappa shape index (κ2) is 6.08. The Morgan fingerprint density at radius 1 is 0.952 bits per heavy atom. The first kappa shape index (κ1) is 14.4. The van der Waals surface area contributed by atoms with E-state index in [2.05, 4.69) is 34.1 Å². The average Bonchev–Trinajstić information content (AvgIpc) is 2.46. The topological polar surface area (TPSA) is 9.23 Å². The van der Waals surface area contributed by atoms with Gasteiger partial charge in [0.05, 0.1) is 0 Å². The van der Waals surface area contributed by atoms with Crippen molar-refractivity contribution in [1.29, 1.82) is 0 Å². The smallest absolute Gasteiger partial charge is 0.120 e. The molecule has 0 fully saturated rings. The summed E-state index contributed by atoms with van der Waals surface area (Å²) in [7, 11) is 0. The van der Waals surface area contributed by atoms with E-state index in [4.69, 9.17) is 16.3 Å². The summed E-state index contributed by atoms with van der Waals surface area (Å²) in [5, 5.41) is 3.09. The number of halogens is 2. The molecule has 0 radical (unpaired) electrons. The molecule has 1 nitrogen and oxygen atoms in total. The van der Waals surface area contributed by atoms with Crippen LogP contribution in [0.1, 0.15) is 11.1 Å². The van der Waals surface area contributed by atoms with Gasteiger partial charge in [-0.3, -0.25) is 0 Å². The van der Waals surface area contributed by atoms with Crippen molar-refractivity contribution in [2.24, 2.45) is 0 Å². The van der Waals surface area contributed by atoms with Gasteiger partial charge in [-0.05, 0) is 53.6 Å². The lowest BCUT2D eigenvalue weighted by Crippen LogP contribution is -1.96. The summed E-state index contributed by atoms with van der Waals surface area (Å²) in [5.41, 5.74) is 2.15. The highest BCUT2D eigenvalue weighted by atomic mass is 79.9. The Hall–Kier alpha value is -1.51. The van der Waals surface area contributed by atoms with Gasteiger partial charge < -0.3 is 4.74 Å². The molecule has 3 aromatic carbocycles. The summed E-state index contributed by atoms with van der Waals surface area (Å²) >= 11 is 9.70. The maximum atomic E-state index is 6.22. The first-order valence-corrected chi connectivity index (χ1v) is 7.86. The Labute approximate surface area is 137 Å². The van der Waals surface area contributed by atoms with Crippen molar-refractivity contribution in [2.45, 2.75) is 13.5 Å². The lowest BCUT2D eigenvalue weighted by Gasteiger charge is -2.09. The normalized spacial score (nSPS) is 10.8. The average molecular weight is 362 g/mol. The fourth-order valence-corrected chi connectivity index (χ4v) is 2.88. The highest BCUT2D eigenvalue weighted by Gasteiger charge is 2.03. The van der Waals surface area contributed by atoms with Crippen LogP contribution >= 0.6 is 27.5 Å². The summed E-state index contributed by atoms with van der Waals surface area (Å²) in [4.78, 5) is 0. The largest absolute Gasteiger partial charge is 0.489 e. The molecular formula is C18H14BrClO. The molecule has 0 saturated heterocycles. The molecule has 3 rings (SSSR count). The monoisotopic (exact) mass is 360 g/mol. The van der Waals surface area contributed by atoms with Crippen molar-refractivity contribution >= 4 is 38.3 Å². The van der Waals surface area contributed by atoms with Crippen molar-refractivity contribution in [3.05, 3.63) is 75.2 Å². The van der Waals surface area contributed by atoms with E-state index in [1.54, 1.807) is 0 Å². The molecule has 0 unspecified atom stereocenters. The lowest BCUT2D eigenvalue weighted by molar-refractivity contribution is 0.306. The van der Waals surface area contributed by atoms with Crippen LogP contribution in [0.15, 0.2) is 59.1 Å². The highest BCUT2D eigenvalue weighted by Crippen LogP contribution is 2.25. The van der Waals surface area contributed by atoms with Gasteiger partial charge in [-0.1, -0.05) is 51.8 Å². The zero-order valence-corrected chi connectivity index (χ0v) is 13.9. The fourth-order valence-electron chi connectivity index (χ4n) is 2.21. The summed E-state index contributed by atoms with van der Waals surface area (Å²) in [6.45, 7) is 2.50. The van der Waals surface area contributed by atoms with Crippen LogP contribution in [0.25, 0.3) is 10.8 Å². The summed E-state index contributed by atoms with van der Waals surface area (Å²) in [6.07, 6.45) is 0. The molecule has 0 aliphatic heterocycles. The minimum atomic E-state index is 0.473. The van der Waals surface area contributed by atoms with Gasteiger partial charge in [-0.2, -0.15) is 0 Å². The molecular weight excluding hydrogens is 348 g/mol. The fraction of sp³-hybridized carbons (Fsp3) is 0.111. The first-order chi connectivity index (χ1) is 10.1. The summed E-state index contributed by atoms with van der Waals surface area (Å²) in [5.74, 6) is 0.849. The van der Waals surface area contributed by atoms with Gasteiger partial charge in [0.1, 0.15) is 12.4 Å². The van der Waals surface area contributed by atoms with Crippen LogP contribution in [0.5, 0.6) is 5.75 Å². The number of hydrogen-bond donors (Lipinski definition) is 0. The van der Waals surface area contributed by atoms with Crippen LogP contribution in [-0.2, 0) is 6.61 Å². The molecule has 106 valence electrons. The molecule has 21 heavy (non-hydrogen) atoms. The maximum Gasteiger partial charge on any atom is 0.120 e. The van der Waals surface area contributed by atoms with Crippen LogP contribution in [-0.4, -0.2) is 0 Å². The SMILES string of the molecule is Cc1ccc(COc2ccc3cc(Br)ccc3c2)c(Cl)c1. The second-order valence-corrected chi connectivity index (χ2v) is 6.36. The number of hydrogen-bond acceptors (Lipinski definition) is 1. The molecule has 0 atom stereocenters. The Morgan fingerprint density at radius 3 is 2.52 bits per heavy atom. The molecule has 0 aliphatic rings. The van der Waals surface area contributed by atoms with Crippen LogP contribution in [0.2, 0.25) is 5.02 Å². The minimum Gasteiger partial charge on any atom is -0.489 e. The van der Waals surface area contributed by atoms with Crippen molar-refractivity contribution < 1.29 is 4.74 Å². The van der Waals surface area contributed by atoms with Gasteiger partial charge >= 0.3 is 0 Å². The van der Waals surface area contributed by atoms with Crippen LogP contribution < -0.4 is 4.74 Å². The third-order valence-electron chi connectivity index (χ3n) is 3.38. The number of fused-ring (bicyclic) bond motifs is 1. The Bertz CT molecular complexity index is 798. The minimum absolute atomic E-state index is 0.473. The molecule has 0 aliphatic carbocycles. The van der Waals surface area contributed by atoms with Crippen molar-refractivity contribution in [1.82, 2.24) is 0 Å². The third kappa shape index (κ3) is 3.39. The predicted octanol–water partition coefficient (Wildman–Crippen LogP) is 6.14. The van der Waals surface area contributed by atoms with E-state index < -0.39 is 0 Å². The summed E-state index contributed by atoms with van der Waals surface area (Å²) in [6, 6.07) is 18.3. The van der Waals surface area contributed by atoms with E-state index in [0.717, 1.165) is 31.8 Å². The molecule has 0 N–H and O–H groups in total. The molecule has 0 spiro atoms. The molecule has 0 heterocycles. The second-order valence-electron chi connectivity index (χ2n) is 5.04. The number of rotatable bonds is 3. The van der Waals surface area contributed by atoms with E-state index in [9.17, 15) is 0 Å². The zero-order chi connectivity index (χ0) is 14.8. The molecule has 0 bridgehead atoms. The van der Waals surface area contributed by atoms with Crippen molar-refractivity contribution in [3.63, 3.8) is 0 Å². The number of benzene rings is 3. The Kier molecular flexibility index (Phi) is 4.18. The van der Waals surface area contributed by atoms with Gasteiger partial charge in [0, 0.05) is 15.1 Å². The molecule has 3 aromatic rings. The molecule has 3 heteroatoms. The lowest BCUT2D eigenvalue weighted by atomic mass is 10.1. The van der Waals surface area contributed by atoms with Crippen LogP contribution in [0, 0.1) is 6.92 Å². The van der Waals surface area contributed by atoms with E-state index in [1.165, 1.54) is 5.39 Å². The number of ether oxygens (including phenoxy) is 1. The van der Waals surface area contributed by atoms with E-state index in [-0.39, 0.29) is 0 Å². The summed E-state index contributed by atoms with van der Waals surface area (Å²) < 4.78 is 6.93. The van der Waals surface area contributed by atoms with Gasteiger partial charge in [-0.25, -0.2) is 0 Å². The standard InChI is InChI=1S/C18H14BrClO/c1-12-2-3-15(18(20)8-12)11-21-17-7-5-13-9-16(19)6-4-14(13)10-17/h2-10H,11H2,1H3. The van der Waals surface area contributed by atoms with Gasteiger partial charge in [0.2, 0.25) is 0 Å². The van der Waals surface area contributed by atoms with Crippen LogP contribution in [0.4, 0.5) is 0 Å². The molecule has 0 aromatic heterocycles. The predicted molar refractivity (Wildman–Crippen MR) is 92.2 cm³/mol. The number of aryl methyl sites for hydroxylation is 1. The zero-order valence-electron chi connectivity index (χ0n) is 11.6. The maximum absolute atomic E-state index is 6.22. The van der Waals surface area contributed by atoms with E-state index in [0.29, 0.717) is 6.61 Å². The Morgan fingerprint density at radius 2 is 1.71 bits per heavy atom. The van der Waals surface area contributed by atoms with Gasteiger partial charge in [0.25, 0.3) is 0 Å². The van der Waals surface area contributed by atoms with Crippen molar-refractivity contribution in [3.8, 4) is 5.75 Å². The van der Waals surface area contributed by atoms with Crippen LogP contribution in [0.3, 0.4) is 0 Å². The quantitative estimate of drug-likeness (QED) is 0.544. The Balaban J connectivity index is 1.80. The third-order valence-corrected chi connectivity index (χ3v) is 4.22. The van der Waals surface area contributed by atoms with E-state index >= 15 is 0 Å². The first-order valence-electron chi connectivity index (χ1n) is 6.69. The highest BCUT2D eigenvalue weighted by molar-refractivity contribution is 9.10. The van der Waals surface area contributed by atoms with E-state index in [1.807, 2.05) is 43.3 Å². The van der Waals surface area contributed by atoms with Crippen molar-refractivity contribution in [2.75, 3.05) is 0 Å². The van der Waals surface area contributed by atoms with Gasteiger partial charge in [-0.15, -0.1) is 0 Å².